The van der Waals surface area contributed by atoms with Crippen LogP contribution in [0.3, 0.4) is 0 Å². The minimum Gasteiger partial charge on any atom is -0.309 e. The molecule has 82 valence electrons. The van der Waals surface area contributed by atoms with Gasteiger partial charge in [0.05, 0.1) is 0 Å². The van der Waals surface area contributed by atoms with Crippen LogP contribution in [0.5, 0.6) is 0 Å². The van der Waals surface area contributed by atoms with Crippen molar-refractivity contribution in [2.75, 3.05) is 6.54 Å². The summed E-state index contributed by atoms with van der Waals surface area (Å²) in [6.07, 6.45) is 3.77. The van der Waals surface area contributed by atoms with Gasteiger partial charge in [-0.25, -0.2) is 0 Å². The van der Waals surface area contributed by atoms with Crippen molar-refractivity contribution in [1.82, 2.24) is 5.32 Å². The van der Waals surface area contributed by atoms with Gasteiger partial charge in [0.25, 0.3) is 0 Å². The highest BCUT2D eigenvalue weighted by atomic mass is 14.9. The fraction of sp³-hybridized carbons (Fsp3) is 0.571. The number of nitrogens with one attached hydrogen (secondary N) is 1. The summed E-state index contributed by atoms with van der Waals surface area (Å²) in [5.41, 5.74) is 3.12. The lowest BCUT2D eigenvalue weighted by Gasteiger charge is -2.32. The van der Waals surface area contributed by atoms with E-state index in [1.165, 1.54) is 24.8 Å². The van der Waals surface area contributed by atoms with Crippen LogP contribution in [0.4, 0.5) is 0 Å². The van der Waals surface area contributed by atoms with Gasteiger partial charge in [0.1, 0.15) is 0 Å². The third-order valence-corrected chi connectivity index (χ3v) is 3.47. The second-order valence-electron chi connectivity index (χ2n) is 4.48. The summed E-state index contributed by atoms with van der Waals surface area (Å²) in [7, 11) is 0. The standard InChI is InChI=1S/C14H21N/c1-3-7-11-10-15-14(4-2)13-9-6-5-8-12(11)13/h5-6,8-9,11,14-15H,3-4,7,10H2,1-2H3. The van der Waals surface area contributed by atoms with Gasteiger partial charge in [-0.15, -0.1) is 0 Å². The van der Waals surface area contributed by atoms with Crippen molar-refractivity contribution in [3.8, 4) is 0 Å². The number of hydrogen-bond donors (Lipinski definition) is 1. The summed E-state index contributed by atoms with van der Waals surface area (Å²) in [6, 6.07) is 9.53. The number of rotatable bonds is 3. The molecule has 0 aromatic heterocycles. The molecule has 0 saturated carbocycles. The van der Waals surface area contributed by atoms with E-state index < -0.39 is 0 Å². The molecule has 1 aliphatic rings. The van der Waals surface area contributed by atoms with E-state index in [-0.39, 0.29) is 0 Å². The average molecular weight is 203 g/mol. The summed E-state index contributed by atoms with van der Waals surface area (Å²) in [6.45, 7) is 5.69. The van der Waals surface area contributed by atoms with Crippen molar-refractivity contribution in [3.63, 3.8) is 0 Å². The monoisotopic (exact) mass is 203 g/mol. The van der Waals surface area contributed by atoms with Crippen molar-refractivity contribution in [3.05, 3.63) is 35.4 Å². The molecule has 1 aromatic rings. The van der Waals surface area contributed by atoms with E-state index in [4.69, 9.17) is 0 Å². The zero-order valence-corrected chi connectivity index (χ0v) is 9.79. The first kappa shape index (κ1) is 10.7. The lowest BCUT2D eigenvalue weighted by molar-refractivity contribution is 0.429. The van der Waals surface area contributed by atoms with Gasteiger partial charge >= 0.3 is 0 Å². The molecule has 1 heteroatoms. The topological polar surface area (TPSA) is 12.0 Å². The van der Waals surface area contributed by atoms with Gasteiger partial charge in [0.2, 0.25) is 0 Å². The Balaban J connectivity index is 2.30. The Morgan fingerprint density at radius 2 is 1.93 bits per heavy atom. The summed E-state index contributed by atoms with van der Waals surface area (Å²) in [5.74, 6) is 0.731. The van der Waals surface area contributed by atoms with Crippen molar-refractivity contribution < 1.29 is 0 Å². The molecule has 1 nitrogen and oxygen atoms in total. The Morgan fingerprint density at radius 1 is 1.20 bits per heavy atom. The highest BCUT2D eigenvalue weighted by molar-refractivity contribution is 5.35. The van der Waals surface area contributed by atoms with Crippen molar-refractivity contribution >= 4 is 0 Å². The molecular weight excluding hydrogens is 182 g/mol. The number of benzene rings is 1. The van der Waals surface area contributed by atoms with Crippen molar-refractivity contribution in [2.45, 2.75) is 45.1 Å². The van der Waals surface area contributed by atoms with Crippen molar-refractivity contribution in [2.24, 2.45) is 0 Å². The molecule has 2 rings (SSSR count). The SMILES string of the molecule is CCCC1CNC(CC)c2ccccc21. The predicted molar refractivity (Wildman–Crippen MR) is 65.1 cm³/mol. The first-order valence-electron chi connectivity index (χ1n) is 6.19. The maximum Gasteiger partial charge on any atom is 0.0320 e. The maximum absolute atomic E-state index is 3.66. The second-order valence-corrected chi connectivity index (χ2v) is 4.48. The third-order valence-electron chi connectivity index (χ3n) is 3.47. The highest BCUT2D eigenvalue weighted by Crippen LogP contribution is 2.33. The molecule has 1 heterocycles. The molecule has 1 aromatic carbocycles. The van der Waals surface area contributed by atoms with Crippen LogP contribution < -0.4 is 5.32 Å². The maximum atomic E-state index is 3.66. The normalized spacial score (nSPS) is 24.9. The Bertz CT molecular complexity index is 319. The predicted octanol–water partition coefficient (Wildman–Crippen LogP) is 3.62. The third kappa shape index (κ3) is 2.07. The van der Waals surface area contributed by atoms with Gasteiger partial charge in [-0.2, -0.15) is 0 Å². The van der Waals surface area contributed by atoms with Crippen LogP contribution >= 0.6 is 0 Å². The molecule has 2 unspecified atom stereocenters. The summed E-state index contributed by atoms with van der Waals surface area (Å²) in [5, 5.41) is 3.66. The zero-order valence-electron chi connectivity index (χ0n) is 9.79. The Labute approximate surface area is 92.9 Å². The van der Waals surface area contributed by atoms with Gasteiger partial charge in [0, 0.05) is 12.6 Å². The van der Waals surface area contributed by atoms with Crippen LogP contribution in [-0.2, 0) is 0 Å². The lowest BCUT2D eigenvalue weighted by atomic mass is 9.83. The van der Waals surface area contributed by atoms with E-state index in [1.807, 2.05) is 0 Å². The fourth-order valence-electron chi connectivity index (χ4n) is 2.67. The molecule has 0 radical (unpaired) electrons. The first-order chi connectivity index (χ1) is 7.36. The molecule has 2 atom stereocenters. The molecule has 0 aliphatic carbocycles. The van der Waals surface area contributed by atoms with Crippen LogP contribution in [0, 0.1) is 0 Å². The second kappa shape index (κ2) is 4.80. The Morgan fingerprint density at radius 3 is 2.60 bits per heavy atom. The largest absolute Gasteiger partial charge is 0.309 e. The number of hydrogen-bond acceptors (Lipinski definition) is 1. The fourth-order valence-corrected chi connectivity index (χ4v) is 2.67. The van der Waals surface area contributed by atoms with Crippen molar-refractivity contribution in [1.29, 1.82) is 0 Å². The highest BCUT2D eigenvalue weighted by Gasteiger charge is 2.24. The molecular formula is C14H21N. The van der Waals surface area contributed by atoms with Crippen LogP contribution in [0.25, 0.3) is 0 Å². The van der Waals surface area contributed by atoms with Crippen LogP contribution in [0.1, 0.15) is 56.2 Å². The van der Waals surface area contributed by atoms with Crippen LogP contribution in [0.15, 0.2) is 24.3 Å². The van der Waals surface area contributed by atoms with Gasteiger partial charge in [-0.1, -0.05) is 44.5 Å². The van der Waals surface area contributed by atoms with E-state index >= 15 is 0 Å². The minimum absolute atomic E-state index is 0.578. The summed E-state index contributed by atoms with van der Waals surface area (Å²) >= 11 is 0. The van der Waals surface area contributed by atoms with E-state index in [1.54, 1.807) is 5.56 Å². The molecule has 15 heavy (non-hydrogen) atoms. The van der Waals surface area contributed by atoms with E-state index in [9.17, 15) is 0 Å². The molecule has 0 bridgehead atoms. The molecule has 0 saturated heterocycles. The zero-order chi connectivity index (χ0) is 10.7. The average Bonchev–Trinajstić information content (AvgIpc) is 2.30. The minimum atomic E-state index is 0.578. The molecule has 1 aliphatic heterocycles. The molecule has 0 fully saturated rings. The lowest BCUT2D eigenvalue weighted by Crippen LogP contribution is -2.32. The quantitative estimate of drug-likeness (QED) is 0.791. The van der Waals surface area contributed by atoms with E-state index in [0.29, 0.717) is 6.04 Å². The molecule has 0 spiro atoms. The Kier molecular flexibility index (Phi) is 3.42. The van der Waals surface area contributed by atoms with Gasteiger partial charge in [0.15, 0.2) is 0 Å². The van der Waals surface area contributed by atoms with Gasteiger partial charge < -0.3 is 5.32 Å². The number of fused-ring (bicyclic) bond motifs is 1. The smallest absolute Gasteiger partial charge is 0.0320 e. The van der Waals surface area contributed by atoms with Crippen LogP contribution in [0.2, 0.25) is 0 Å². The molecule has 1 N–H and O–H groups in total. The van der Waals surface area contributed by atoms with E-state index in [2.05, 4.69) is 43.4 Å². The van der Waals surface area contributed by atoms with E-state index in [0.717, 1.165) is 12.5 Å². The summed E-state index contributed by atoms with van der Waals surface area (Å²) in [4.78, 5) is 0. The Hall–Kier alpha value is -0.820. The van der Waals surface area contributed by atoms with Gasteiger partial charge in [-0.05, 0) is 29.9 Å². The van der Waals surface area contributed by atoms with Crippen LogP contribution in [-0.4, -0.2) is 6.54 Å². The first-order valence-corrected chi connectivity index (χ1v) is 6.19. The van der Waals surface area contributed by atoms with Gasteiger partial charge in [-0.3, -0.25) is 0 Å². The molecule has 0 amide bonds. The summed E-state index contributed by atoms with van der Waals surface area (Å²) < 4.78 is 0.